The standard InChI is InChI=1S/C18H15FN4/c1-12-5-7-13(8-6-12)16-10-17(14-3-2-4-15(19)9-14)23-18(22-16)20-11-21-23/h2-11,17H,1H3,(H,20,21,22)/t17-/m0/s1. The SMILES string of the molecule is Cc1ccc(C2=C[C@@H](c3cccc(F)c3)n3ncnc3N2)cc1. The molecule has 1 atom stereocenters. The molecule has 0 fully saturated rings. The molecule has 5 heteroatoms. The molecule has 4 rings (SSSR count). The monoisotopic (exact) mass is 306 g/mol. The van der Waals surface area contributed by atoms with Crippen molar-refractivity contribution in [3.8, 4) is 0 Å². The summed E-state index contributed by atoms with van der Waals surface area (Å²) in [4.78, 5) is 4.25. The zero-order chi connectivity index (χ0) is 15.8. The summed E-state index contributed by atoms with van der Waals surface area (Å²) in [5, 5.41) is 7.55. The Morgan fingerprint density at radius 2 is 1.96 bits per heavy atom. The van der Waals surface area contributed by atoms with Gasteiger partial charge in [0, 0.05) is 5.70 Å². The first-order valence-electron chi connectivity index (χ1n) is 7.41. The molecule has 0 amide bonds. The number of aryl methyl sites for hydroxylation is 1. The van der Waals surface area contributed by atoms with Crippen molar-refractivity contribution in [2.24, 2.45) is 0 Å². The summed E-state index contributed by atoms with van der Waals surface area (Å²) in [5.41, 5.74) is 4.05. The summed E-state index contributed by atoms with van der Waals surface area (Å²) in [6, 6.07) is 14.6. The Balaban J connectivity index is 1.81. The van der Waals surface area contributed by atoms with Crippen LogP contribution in [0.5, 0.6) is 0 Å². The molecule has 0 radical (unpaired) electrons. The first-order chi connectivity index (χ1) is 11.2. The first-order valence-corrected chi connectivity index (χ1v) is 7.41. The van der Waals surface area contributed by atoms with E-state index in [4.69, 9.17) is 0 Å². The summed E-state index contributed by atoms with van der Waals surface area (Å²) in [6.07, 6.45) is 3.54. The third-order valence-electron chi connectivity index (χ3n) is 3.96. The molecule has 2 aromatic carbocycles. The molecule has 0 bridgehead atoms. The maximum atomic E-state index is 13.6. The van der Waals surface area contributed by atoms with E-state index >= 15 is 0 Å². The average Bonchev–Trinajstić information content (AvgIpc) is 3.03. The molecule has 0 unspecified atom stereocenters. The molecule has 114 valence electrons. The number of halogens is 1. The zero-order valence-corrected chi connectivity index (χ0v) is 12.6. The lowest BCUT2D eigenvalue weighted by Crippen LogP contribution is -2.20. The number of anilines is 1. The van der Waals surface area contributed by atoms with Gasteiger partial charge in [0.25, 0.3) is 0 Å². The number of benzene rings is 2. The van der Waals surface area contributed by atoms with Crippen LogP contribution in [0.15, 0.2) is 60.9 Å². The summed E-state index contributed by atoms with van der Waals surface area (Å²) in [5.74, 6) is 0.394. The van der Waals surface area contributed by atoms with Crippen molar-refractivity contribution in [2.75, 3.05) is 5.32 Å². The second-order valence-electron chi connectivity index (χ2n) is 5.60. The van der Waals surface area contributed by atoms with Crippen molar-refractivity contribution < 1.29 is 4.39 Å². The lowest BCUT2D eigenvalue weighted by molar-refractivity contribution is 0.593. The quantitative estimate of drug-likeness (QED) is 0.783. The Labute approximate surface area is 133 Å². The van der Waals surface area contributed by atoms with Crippen LogP contribution in [-0.2, 0) is 0 Å². The summed E-state index contributed by atoms with van der Waals surface area (Å²) in [6.45, 7) is 2.05. The highest BCUT2D eigenvalue weighted by molar-refractivity contribution is 5.77. The number of allylic oxidation sites excluding steroid dienone is 1. The number of nitrogens with zero attached hydrogens (tertiary/aromatic N) is 3. The summed E-state index contributed by atoms with van der Waals surface area (Å²) < 4.78 is 15.4. The van der Waals surface area contributed by atoms with E-state index in [0.717, 1.165) is 16.8 Å². The van der Waals surface area contributed by atoms with Crippen LogP contribution in [0.2, 0.25) is 0 Å². The molecular formula is C18H15FN4. The Morgan fingerprint density at radius 1 is 1.13 bits per heavy atom. The van der Waals surface area contributed by atoms with Crippen molar-refractivity contribution in [3.63, 3.8) is 0 Å². The fourth-order valence-corrected chi connectivity index (χ4v) is 2.76. The molecule has 2 heterocycles. The minimum Gasteiger partial charge on any atom is -0.324 e. The van der Waals surface area contributed by atoms with Crippen molar-refractivity contribution in [1.82, 2.24) is 14.8 Å². The van der Waals surface area contributed by atoms with E-state index in [0.29, 0.717) is 5.95 Å². The average molecular weight is 306 g/mol. The highest BCUT2D eigenvalue weighted by Gasteiger charge is 2.23. The van der Waals surface area contributed by atoms with Gasteiger partial charge in [0.15, 0.2) is 0 Å². The zero-order valence-electron chi connectivity index (χ0n) is 12.6. The van der Waals surface area contributed by atoms with E-state index in [1.807, 2.05) is 12.1 Å². The molecule has 1 N–H and O–H groups in total. The molecule has 0 spiro atoms. The summed E-state index contributed by atoms with van der Waals surface area (Å²) in [7, 11) is 0. The van der Waals surface area contributed by atoms with Crippen molar-refractivity contribution in [2.45, 2.75) is 13.0 Å². The molecule has 4 nitrogen and oxygen atoms in total. The Hall–Kier alpha value is -2.95. The minimum absolute atomic E-state index is 0.194. The maximum Gasteiger partial charge on any atom is 0.226 e. The second kappa shape index (κ2) is 5.35. The van der Waals surface area contributed by atoms with Crippen LogP contribution in [0.25, 0.3) is 5.70 Å². The van der Waals surface area contributed by atoms with Crippen molar-refractivity contribution in [3.05, 3.63) is 83.4 Å². The van der Waals surface area contributed by atoms with Gasteiger partial charge < -0.3 is 5.32 Å². The molecular weight excluding hydrogens is 291 g/mol. The molecule has 1 aliphatic rings. The third kappa shape index (κ3) is 2.50. The Bertz CT molecular complexity index is 880. The minimum atomic E-state index is -0.256. The van der Waals surface area contributed by atoms with Crippen LogP contribution in [0.4, 0.5) is 10.3 Å². The van der Waals surface area contributed by atoms with E-state index in [2.05, 4.69) is 46.6 Å². The summed E-state index contributed by atoms with van der Waals surface area (Å²) >= 11 is 0. The van der Waals surface area contributed by atoms with Crippen molar-refractivity contribution >= 4 is 11.6 Å². The van der Waals surface area contributed by atoms with E-state index in [9.17, 15) is 4.39 Å². The van der Waals surface area contributed by atoms with Gasteiger partial charge in [-0.15, -0.1) is 0 Å². The van der Waals surface area contributed by atoms with Gasteiger partial charge in [-0.05, 0) is 36.3 Å². The van der Waals surface area contributed by atoms with Crippen LogP contribution in [0, 0.1) is 12.7 Å². The number of hydrogen-bond donors (Lipinski definition) is 1. The second-order valence-corrected chi connectivity index (χ2v) is 5.60. The molecule has 1 aliphatic heterocycles. The fraction of sp³-hybridized carbons (Fsp3) is 0.111. The van der Waals surface area contributed by atoms with Gasteiger partial charge in [-0.25, -0.2) is 9.07 Å². The topological polar surface area (TPSA) is 42.7 Å². The van der Waals surface area contributed by atoms with Gasteiger partial charge in [-0.3, -0.25) is 0 Å². The first kappa shape index (κ1) is 13.7. The molecule has 0 aliphatic carbocycles. The highest BCUT2D eigenvalue weighted by Crippen LogP contribution is 2.32. The van der Waals surface area contributed by atoms with E-state index in [1.54, 1.807) is 10.7 Å². The van der Waals surface area contributed by atoms with Gasteiger partial charge in [0.1, 0.15) is 18.2 Å². The number of nitrogens with one attached hydrogen (secondary N) is 1. The van der Waals surface area contributed by atoms with Gasteiger partial charge >= 0.3 is 0 Å². The van der Waals surface area contributed by atoms with Gasteiger partial charge in [-0.1, -0.05) is 42.0 Å². The Kier molecular flexibility index (Phi) is 3.19. The van der Waals surface area contributed by atoms with Gasteiger partial charge in [-0.2, -0.15) is 10.1 Å². The fourth-order valence-electron chi connectivity index (χ4n) is 2.76. The van der Waals surface area contributed by atoms with Gasteiger partial charge in [0.05, 0.1) is 0 Å². The molecule has 0 saturated heterocycles. The third-order valence-corrected chi connectivity index (χ3v) is 3.96. The molecule has 0 saturated carbocycles. The molecule has 1 aromatic heterocycles. The largest absolute Gasteiger partial charge is 0.324 e. The number of aromatic nitrogens is 3. The molecule has 3 aromatic rings. The van der Waals surface area contributed by atoms with Gasteiger partial charge in [0.2, 0.25) is 5.95 Å². The van der Waals surface area contributed by atoms with E-state index in [-0.39, 0.29) is 11.9 Å². The number of hydrogen-bond acceptors (Lipinski definition) is 3. The van der Waals surface area contributed by atoms with Crippen LogP contribution in [0.3, 0.4) is 0 Å². The van der Waals surface area contributed by atoms with Crippen LogP contribution in [-0.4, -0.2) is 14.8 Å². The molecule has 23 heavy (non-hydrogen) atoms. The Morgan fingerprint density at radius 3 is 2.74 bits per heavy atom. The highest BCUT2D eigenvalue weighted by atomic mass is 19.1. The smallest absolute Gasteiger partial charge is 0.226 e. The lowest BCUT2D eigenvalue weighted by Gasteiger charge is -2.24. The van der Waals surface area contributed by atoms with Crippen LogP contribution < -0.4 is 5.32 Å². The number of rotatable bonds is 2. The van der Waals surface area contributed by atoms with Crippen LogP contribution >= 0.6 is 0 Å². The lowest BCUT2D eigenvalue weighted by atomic mass is 10.0. The number of fused-ring (bicyclic) bond motifs is 1. The van der Waals surface area contributed by atoms with E-state index in [1.165, 1.54) is 24.0 Å². The predicted molar refractivity (Wildman–Crippen MR) is 87.3 cm³/mol. The van der Waals surface area contributed by atoms with Crippen LogP contribution in [0.1, 0.15) is 22.7 Å². The normalized spacial score (nSPS) is 16.4. The maximum absolute atomic E-state index is 13.6. The predicted octanol–water partition coefficient (Wildman–Crippen LogP) is 3.78. The van der Waals surface area contributed by atoms with Crippen molar-refractivity contribution in [1.29, 1.82) is 0 Å². The van der Waals surface area contributed by atoms with E-state index < -0.39 is 0 Å².